The Kier molecular flexibility index (Phi) is 3.33. The third kappa shape index (κ3) is 2.26. The van der Waals surface area contributed by atoms with Crippen molar-refractivity contribution < 1.29 is 4.74 Å². The number of fused-ring (bicyclic) bond motifs is 1. The molecular weight excluding hydrogens is 210 g/mol. The minimum atomic E-state index is 0. The predicted octanol–water partition coefficient (Wildman–Crippen LogP) is 3.68. The van der Waals surface area contributed by atoms with Crippen molar-refractivity contribution in [3.8, 4) is 5.75 Å². The van der Waals surface area contributed by atoms with Crippen LogP contribution in [0.3, 0.4) is 0 Å². The first-order valence-corrected chi connectivity index (χ1v) is 5.44. The fourth-order valence-electron chi connectivity index (χ4n) is 1.98. The van der Waals surface area contributed by atoms with Crippen LogP contribution < -0.4 is 9.64 Å². The van der Waals surface area contributed by atoms with Gasteiger partial charge in [-0.15, -0.1) is 0 Å². The first-order valence-electron chi connectivity index (χ1n) is 5.44. The molecular formula is C15H17NO. The molecule has 0 aromatic heterocycles. The number of hydrogen-bond acceptors (Lipinski definition) is 2. The summed E-state index contributed by atoms with van der Waals surface area (Å²) < 4.78 is 5.72. The van der Waals surface area contributed by atoms with Gasteiger partial charge in [-0.25, -0.2) is 0 Å². The van der Waals surface area contributed by atoms with Crippen LogP contribution in [0, 0.1) is 0 Å². The van der Waals surface area contributed by atoms with E-state index >= 15 is 0 Å². The van der Waals surface area contributed by atoms with Gasteiger partial charge in [0.15, 0.2) is 6.73 Å². The van der Waals surface area contributed by atoms with E-state index < -0.39 is 0 Å². The number of benzene rings is 2. The second-order valence-electron chi connectivity index (χ2n) is 3.91. The molecule has 1 heterocycles. The first kappa shape index (κ1) is 11.5. The van der Waals surface area contributed by atoms with E-state index in [1.165, 1.54) is 11.3 Å². The van der Waals surface area contributed by atoms with Crippen LogP contribution in [0.2, 0.25) is 0 Å². The highest BCUT2D eigenvalue weighted by atomic mass is 16.5. The molecule has 0 amide bonds. The molecule has 2 heteroatoms. The van der Waals surface area contributed by atoms with Crippen molar-refractivity contribution >= 4 is 5.69 Å². The zero-order chi connectivity index (χ0) is 10.8. The molecule has 0 unspecified atom stereocenters. The SMILES string of the molecule is C.c1ccc(N2COc3ccccc3C2)cc1. The lowest BCUT2D eigenvalue weighted by molar-refractivity contribution is 0.289. The summed E-state index contributed by atoms with van der Waals surface area (Å²) in [7, 11) is 0. The number of ether oxygens (including phenoxy) is 1. The summed E-state index contributed by atoms with van der Waals surface area (Å²) in [5.74, 6) is 1.01. The number of anilines is 1. The molecule has 0 bridgehead atoms. The van der Waals surface area contributed by atoms with Crippen molar-refractivity contribution in [1.82, 2.24) is 0 Å². The Morgan fingerprint density at radius 1 is 0.882 bits per heavy atom. The summed E-state index contributed by atoms with van der Waals surface area (Å²) in [5, 5.41) is 0. The molecule has 0 saturated heterocycles. The van der Waals surface area contributed by atoms with Crippen molar-refractivity contribution in [2.24, 2.45) is 0 Å². The van der Waals surface area contributed by atoms with Gasteiger partial charge in [0.25, 0.3) is 0 Å². The number of nitrogens with zero attached hydrogens (tertiary/aromatic N) is 1. The summed E-state index contributed by atoms with van der Waals surface area (Å²) >= 11 is 0. The topological polar surface area (TPSA) is 12.5 Å². The van der Waals surface area contributed by atoms with Gasteiger partial charge < -0.3 is 9.64 Å². The van der Waals surface area contributed by atoms with Gasteiger partial charge in [0, 0.05) is 17.8 Å². The molecule has 0 spiro atoms. The maximum Gasteiger partial charge on any atom is 0.161 e. The van der Waals surface area contributed by atoms with Crippen molar-refractivity contribution in [2.75, 3.05) is 11.6 Å². The van der Waals surface area contributed by atoms with Crippen LogP contribution in [0.15, 0.2) is 54.6 Å². The standard InChI is InChI=1S/C14H13NO.CH4/c1-2-7-13(8-3-1)15-10-12-6-4-5-9-14(12)16-11-15;/h1-9H,10-11H2;1H4. The second-order valence-corrected chi connectivity index (χ2v) is 3.91. The highest BCUT2D eigenvalue weighted by Gasteiger charge is 2.16. The highest BCUT2D eigenvalue weighted by Crippen LogP contribution is 2.27. The summed E-state index contributed by atoms with van der Waals surface area (Å²) in [6.45, 7) is 1.54. The average molecular weight is 227 g/mol. The summed E-state index contributed by atoms with van der Waals surface area (Å²) in [5.41, 5.74) is 2.45. The maximum atomic E-state index is 5.72. The Balaban J connectivity index is 0.00000108. The molecule has 1 aliphatic rings. The quantitative estimate of drug-likeness (QED) is 0.737. The van der Waals surface area contributed by atoms with Crippen molar-refractivity contribution in [3.05, 3.63) is 60.2 Å². The fraction of sp³-hybridized carbons (Fsp3) is 0.200. The fourth-order valence-corrected chi connectivity index (χ4v) is 1.98. The highest BCUT2D eigenvalue weighted by molar-refractivity contribution is 5.49. The van der Waals surface area contributed by atoms with E-state index in [1.807, 2.05) is 18.2 Å². The lowest BCUT2D eigenvalue weighted by atomic mass is 10.1. The molecule has 0 aliphatic carbocycles. The molecule has 0 radical (unpaired) electrons. The molecule has 0 fully saturated rings. The Bertz CT molecular complexity index is 481. The molecule has 2 aromatic carbocycles. The molecule has 2 aromatic rings. The first-order chi connectivity index (χ1) is 7.93. The van der Waals surface area contributed by atoms with Gasteiger partial charge in [-0.05, 0) is 18.2 Å². The zero-order valence-electron chi connectivity index (χ0n) is 8.97. The van der Waals surface area contributed by atoms with Gasteiger partial charge in [0.05, 0.1) is 0 Å². The number of rotatable bonds is 1. The van der Waals surface area contributed by atoms with Crippen LogP contribution in [0.5, 0.6) is 5.75 Å². The minimum absolute atomic E-state index is 0. The molecule has 0 saturated carbocycles. The van der Waals surface area contributed by atoms with E-state index in [0.29, 0.717) is 6.73 Å². The van der Waals surface area contributed by atoms with Crippen molar-refractivity contribution in [1.29, 1.82) is 0 Å². The summed E-state index contributed by atoms with van der Waals surface area (Å²) in [6, 6.07) is 18.6. The molecule has 2 nitrogen and oxygen atoms in total. The Morgan fingerprint density at radius 2 is 1.59 bits per heavy atom. The summed E-state index contributed by atoms with van der Waals surface area (Å²) in [4.78, 5) is 2.22. The van der Waals surface area contributed by atoms with E-state index in [9.17, 15) is 0 Å². The van der Waals surface area contributed by atoms with Crippen LogP contribution in [0.4, 0.5) is 5.69 Å². The molecule has 0 atom stereocenters. The summed E-state index contributed by atoms with van der Waals surface area (Å²) in [6.07, 6.45) is 0. The van der Waals surface area contributed by atoms with Crippen LogP contribution >= 0.6 is 0 Å². The van der Waals surface area contributed by atoms with Crippen LogP contribution in [0.25, 0.3) is 0 Å². The second kappa shape index (κ2) is 4.91. The smallest absolute Gasteiger partial charge is 0.161 e. The van der Waals surface area contributed by atoms with Gasteiger partial charge in [0.1, 0.15) is 5.75 Å². The van der Waals surface area contributed by atoms with E-state index in [-0.39, 0.29) is 7.43 Å². The lowest BCUT2D eigenvalue weighted by Crippen LogP contribution is -2.31. The Labute approximate surface area is 102 Å². The molecule has 88 valence electrons. The molecule has 0 N–H and O–H groups in total. The molecule has 17 heavy (non-hydrogen) atoms. The number of hydrogen-bond donors (Lipinski definition) is 0. The van der Waals surface area contributed by atoms with Gasteiger partial charge in [-0.2, -0.15) is 0 Å². The third-order valence-corrected chi connectivity index (χ3v) is 2.83. The monoisotopic (exact) mass is 227 g/mol. The predicted molar refractivity (Wildman–Crippen MR) is 71.3 cm³/mol. The van der Waals surface area contributed by atoms with Gasteiger partial charge in [-0.1, -0.05) is 43.8 Å². The van der Waals surface area contributed by atoms with E-state index in [2.05, 4.69) is 41.3 Å². The lowest BCUT2D eigenvalue weighted by Gasteiger charge is -2.30. The van der Waals surface area contributed by atoms with Crippen LogP contribution in [0.1, 0.15) is 13.0 Å². The van der Waals surface area contributed by atoms with E-state index in [0.717, 1.165) is 12.3 Å². The Morgan fingerprint density at radius 3 is 2.41 bits per heavy atom. The van der Waals surface area contributed by atoms with Gasteiger partial charge >= 0.3 is 0 Å². The van der Waals surface area contributed by atoms with Crippen LogP contribution in [-0.2, 0) is 6.54 Å². The van der Waals surface area contributed by atoms with Gasteiger partial charge in [-0.3, -0.25) is 0 Å². The van der Waals surface area contributed by atoms with Crippen molar-refractivity contribution in [3.63, 3.8) is 0 Å². The average Bonchev–Trinajstić information content (AvgIpc) is 2.39. The van der Waals surface area contributed by atoms with E-state index in [4.69, 9.17) is 4.74 Å². The maximum absolute atomic E-state index is 5.72. The number of para-hydroxylation sites is 2. The van der Waals surface area contributed by atoms with Crippen molar-refractivity contribution in [2.45, 2.75) is 14.0 Å². The van der Waals surface area contributed by atoms with E-state index in [1.54, 1.807) is 0 Å². The van der Waals surface area contributed by atoms with Crippen LogP contribution in [-0.4, -0.2) is 6.73 Å². The molecule has 3 rings (SSSR count). The minimum Gasteiger partial charge on any atom is -0.473 e. The zero-order valence-corrected chi connectivity index (χ0v) is 8.97. The van der Waals surface area contributed by atoms with Gasteiger partial charge in [0.2, 0.25) is 0 Å². The molecule has 1 aliphatic heterocycles. The third-order valence-electron chi connectivity index (χ3n) is 2.83. The largest absolute Gasteiger partial charge is 0.473 e. The normalized spacial score (nSPS) is 13.3. The Hall–Kier alpha value is -1.96.